The number of ketones is 1. The second-order valence-corrected chi connectivity index (χ2v) is 4.02. The summed E-state index contributed by atoms with van der Waals surface area (Å²) >= 11 is 5.54. The van der Waals surface area contributed by atoms with Gasteiger partial charge in [0, 0.05) is 5.54 Å². The summed E-state index contributed by atoms with van der Waals surface area (Å²) in [6.45, 7) is 5.76. The molecule has 16 heavy (non-hydrogen) atoms. The molecule has 2 nitrogen and oxygen atoms in total. The number of carbonyl (C=O) groups excluding carboxylic acids is 1. The summed E-state index contributed by atoms with van der Waals surface area (Å²) < 4.78 is 5.56. The quantitative estimate of drug-likeness (QED) is 0.748. The van der Waals surface area contributed by atoms with Crippen LogP contribution in [0.5, 0.6) is 5.75 Å². The number of carbonyl (C=O) groups is 1. The Bertz CT molecular complexity index is 422. The lowest BCUT2D eigenvalue weighted by molar-refractivity contribution is 0.101. The van der Waals surface area contributed by atoms with Crippen molar-refractivity contribution in [2.75, 3.05) is 6.61 Å². The maximum Gasteiger partial charge on any atom is 0.163 e. The van der Waals surface area contributed by atoms with Gasteiger partial charge in [0.25, 0.3) is 0 Å². The van der Waals surface area contributed by atoms with Crippen LogP contribution in [0.4, 0.5) is 0 Å². The molecule has 0 bridgehead atoms. The van der Waals surface area contributed by atoms with Crippen molar-refractivity contribution < 1.29 is 9.53 Å². The van der Waals surface area contributed by atoms with Gasteiger partial charge in [-0.1, -0.05) is 17.7 Å². The second-order valence-electron chi connectivity index (χ2n) is 3.80. The van der Waals surface area contributed by atoms with E-state index in [1.54, 1.807) is 6.07 Å². The molecule has 1 rings (SSSR count). The zero-order valence-corrected chi connectivity index (χ0v) is 10.5. The molecule has 0 aromatic heterocycles. The van der Waals surface area contributed by atoms with E-state index in [0.29, 0.717) is 17.9 Å². The van der Waals surface area contributed by atoms with Crippen LogP contribution in [0.3, 0.4) is 0 Å². The van der Waals surface area contributed by atoms with E-state index in [-0.39, 0.29) is 5.78 Å². The summed E-state index contributed by atoms with van der Waals surface area (Å²) in [5, 5.41) is 0. The molecular formula is C13H15ClO2. The Labute approximate surface area is 101 Å². The van der Waals surface area contributed by atoms with E-state index in [9.17, 15) is 4.79 Å². The average molecular weight is 239 g/mol. The normalized spacial score (nSPS) is 11.4. The number of ether oxygens (including phenoxy) is 1. The van der Waals surface area contributed by atoms with E-state index < -0.39 is 0 Å². The lowest BCUT2D eigenvalue weighted by Gasteiger charge is -2.10. The van der Waals surface area contributed by atoms with Crippen molar-refractivity contribution >= 4 is 17.4 Å². The monoisotopic (exact) mass is 238 g/mol. The van der Waals surface area contributed by atoms with Crippen LogP contribution in [0, 0.1) is 6.92 Å². The van der Waals surface area contributed by atoms with Gasteiger partial charge in [0.1, 0.15) is 12.4 Å². The van der Waals surface area contributed by atoms with Gasteiger partial charge in [-0.2, -0.15) is 0 Å². The van der Waals surface area contributed by atoms with Gasteiger partial charge >= 0.3 is 0 Å². The molecule has 0 aliphatic carbocycles. The number of hydrogen-bond acceptors (Lipinski definition) is 2. The topological polar surface area (TPSA) is 26.3 Å². The Balaban J connectivity index is 2.92. The summed E-state index contributed by atoms with van der Waals surface area (Å²) in [6, 6.07) is 5.54. The zero-order valence-electron chi connectivity index (χ0n) is 9.71. The molecule has 0 heterocycles. The lowest BCUT2D eigenvalue weighted by atomic mass is 10.1. The molecule has 0 fully saturated rings. The van der Waals surface area contributed by atoms with Gasteiger partial charge < -0.3 is 4.74 Å². The third-order valence-corrected chi connectivity index (χ3v) is 2.53. The van der Waals surface area contributed by atoms with Gasteiger partial charge in [-0.3, -0.25) is 4.79 Å². The summed E-state index contributed by atoms with van der Waals surface area (Å²) in [7, 11) is 0. The molecule has 0 spiro atoms. The van der Waals surface area contributed by atoms with Crippen molar-refractivity contribution in [3.05, 3.63) is 40.4 Å². The SMILES string of the molecule is CC(=O)c1ccc(C)cc1OC/C(C)=C/Cl. The van der Waals surface area contributed by atoms with Gasteiger partial charge in [-0.25, -0.2) is 0 Å². The molecule has 0 saturated heterocycles. The molecule has 86 valence electrons. The summed E-state index contributed by atoms with van der Waals surface area (Å²) in [5.41, 5.74) is 4.06. The first-order chi connectivity index (χ1) is 7.54. The highest BCUT2D eigenvalue weighted by Gasteiger charge is 2.08. The number of rotatable bonds is 4. The van der Waals surface area contributed by atoms with Crippen LogP contribution in [0.1, 0.15) is 29.8 Å². The minimum atomic E-state index is 0.00232. The third-order valence-electron chi connectivity index (χ3n) is 2.16. The smallest absolute Gasteiger partial charge is 0.163 e. The first kappa shape index (κ1) is 12.8. The van der Waals surface area contributed by atoms with Crippen LogP contribution in [0.15, 0.2) is 29.3 Å². The highest BCUT2D eigenvalue weighted by atomic mass is 35.5. The maximum atomic E-state index is 11.4. The zero-order chi connectivity index (χ0) is 12.1. The van der Waals surface area contributed by atoms with Crippen LogP contribution < -0.4 is 4.74 Å². The van der Waals surface area contributed by atoms with E-state index in [4.69, 9.17) is 16.3 Å². The largest absolute Gasteiger partial charge is 0.488 e. The van der Waals surface area contributed by atoms with E-state index in [0.717, 1.165) is 11.1 Å². The fourth-order valence-electron chi connectivity index (χ4n) is 1.26. The Morgan fingerprint density at radius 3 is 2.69 bits per heavy atom. The molecule has 1 aromatic rings. The second kappa shape index (κ2) is 5.71. The Kier molecular flexibility index (Phi) is 4.56. The fourth-order valence-corrected chi connectivity index (χ4v) is 1.33. The van der Waals surface area contributed by atoms with Crippen LogP contribution in [0.2, 0.25) is 0 Å². The summed E-state index contributed by atoms with van der Waals surface area (Å²) in [6.07, 6.45) is 0. The predicted molar refractivity (Wildman–Crippen MR) is 66.3 cm³/mol. The van der Waals surface area contributed by atoms with Crippen molar-refractivity contribution in [3.63, 3.8) is 0 Å². The molecule has 0 atom stereocenters. The number of halogens is 1. The molecule has 3 heteroatoms. The van der Waals surface area contributed by atoms with E-state index >= 15 is 0 Å². The number of aryl methyl sites for hydroxylation is 1. The lowest BCUT2D eigenvalue weighted by Crippen LogP contribution is -2.03. The van der Waals surface area contributed by atoms with Gasteiger partial charge in [0.05, 0.1) is 5.56 Å². The summed E-state index contributed by atoms with van der Waals surface area (Å²) in [5.74, 6) is 0.618. The first-order valence-corrected chi connectivity index (χ1v) is 5.48. The molecule has 0 aliphatic rings. The van der Waals surface area contributed by atoms with Crippen LogP contribution >= 0.6 is 11.6 Å². The molecule has 1 aromatic carbocycles. The van der Waals surface area contributed by atoms with Gasteiger partial charge in [0.15, 0.2) is 5.78 Å². The fraction of sp³-hybridized carbons (Fsp3) is 0.308. The Hall–Kier alpha value is -1.28. The van der Waals surface area contributed by atoms with Gasteiger partial charge in [0.2, 0.25) is 0 Å². The third kappa shape index (κ3) is 3.38. The van der Waals surface area contributed by atoms with E-state index in [2.05, 4.69) is 0 Å². The van der Waals surface area contributed by atoms with Crippen molar-refractivity contribution in [1.82, 2.24) is 0 Å². The standard InChI is InChI=1S/C13H15ClO2/c1-9-4-5-12(11(3)15)13(6-9)16-8-10(2)7-14/h4-7H,8H2,1-3H3/b10-7+. The Morgan fingerprint density at radius 1 is 1.44 bits per heavy atom. The first-order valence-electron chi connectivity index (χ1n) is 5.05. The predicted octanol–water partition coefficient (Wildman–Crippen LogP) is 3.72. The average Bonchev–Trinajstić information content (AvgIpc) is 2.25. The molecule has 0 N–H and O–H groups in total. The highest BCUT2D eigenvalue weighted by molar-refractivity contribution is 6.25. The molecule has 0 unspecified atom stereocenters. The Morgan fingerprint density at radius 2 is 2.12 bits per heavy atom. The number of benzene rings is 1. The summed E-state index contributed by atoms with van der Waals surface area (Å²) in [4.78, 5) is 11.4. The minimum absolute atomic E-state index is 0.00232. The van der Waals surface area contributed by atoms with E-state index in [1.807, 2.05) is 26.0 Å². The molecule has 0 radical (unpaired) electrons. The highest BCUT2D eigenvalue weighted by Crippen LogP contribution is 2.21. The number of hydrogen-bond donors (Lipinski definition) is 0. The van der Waals surface area contributed by atoms with E-state index in [1.165, 1.54) is 12.5 Å². The minimum Gasteiger partial charge on any atom is -0.488 e. The molecule has 0 aliphatic heterocycles. The van der Waals surface area contributed by atoms with Gasteiger partial charge in [-0.05, 0) is 44.0 Å². The molecule has 0 saturated carbocycles. The van der Waals surface area contributed by atoms with Crippen LogP contribution in [-0.2, 0) is 0 Å². The van der Waals surface area contributed by atoms with Gasteiger partial charge in [-0.15, -0.1) is 0 Å². The molecular weight excluding hydrogens is 224 g/mol. The van der Waals surface area contributed by atoms with Crippen molar-refractivity contribution in [2.45, 2.75) is 20.8 Å². The van der Waals surface area contributed by atoms with Crippen LogP contribution in [0.25, 0.3) is 0 Å². The van der Waals surface area contributed by atoms with Crippen LogP contribution in [-0.4, -0.2) is 12.4 Å². The number of Topliss-reactive ketones (excluding diaryl/α,β-unsaturated/α-hetero) is 1. The maximum absolute atomic E-state index is 11.4. The van der Waals surface area contributed by atoms with Crippen molar-refractivity contribution in [1.29, 1.82) is 0 Å². The molecule has 0 amide bonds. The van der Waals surface area contributed by atoms with Crippen molar-refractivity contribution in [2.24, 2.45) is 0 Å². The van der Waals surface area contributed by atoms with Crippen molar-refractivity contribution in [3.8, 4) is 5.75 Å².